The van der Waals surface area contributed by atoms with Crippen molar-refractivity contribution < 1.29 is 19.0 Å². The Bertz CT molecular complexity index is 535. The van der Waals surface area contributed by atoms with E-state index in [9.17, 15) is 4.79 Å². The van der Waals surface area contributed by atoms with Crippen LogP contribution in [0, 0.1) is 5.41 Å². The average Bonchev–Trinajstić information content (AvgIpc) is 2.65. The van der Waals surface area contributed by atoms with Gasteiger partial charge in [0.15, 0.2) is 6.61 Å². The molecule has 2 fully saturated rings. The summed E-state index contributed by atoms with van der Waals surface area (Å²) in [6.45, 7) is 5.71. The number of amides is 1. The zero-order valence-electron chi connectivity index (χ0n) is 14.4. The van der Waals surface area contributed by atoms with E-state index in [2.05, 4.69) is 0 Å². The highest BCUT2D eigenvalue weighted by Gasteiger charge is 2.47. The Kier molecular flexibility index (Phi) is 5.74. The average molecular weight is 333 g/mol. The zero-order chi connectivity index (χ0) is 16.8. The summed E-state index contributed by atoms with van der Waals surface area (Å²) >= 11 is 0. The van der Waals surface area contributed by atoms with Gasteiger partial charge in [0.2, 0.25) is 0 Å². The smallest absolute Gasteiger partial charge is 0.260 e. The Labute approximate surface area is 143 Å². The molecule has 2 saturated heterocycles. The maximum Gasteiger partial charge on any atom is 0.260 e. The number of fused-ring (bicyclic) bond motifs is 1. The van der Waals surface area contributed by atoms with Crippen LogP contribution >= 0.6 is 0 Å². The standard InChI is InChI=1S/C19H27NO4/c1-2-22-15-19-10-6-12-23-17(19)9-11-20(14-19)18(21)13-24-16-7-4-3-5-8-16/h3-5,7-8,17H,2,6,9-15H2,1H3/t17-,19+/m1/s1. The van der Waals surface area contributed by atoms with Gasteiger partial charge < -0.3 is 19.1 Å². The molecule has 1 aromatic rings. The van der Waals surface area contributed by atoms with Crippen molar-refractivity contribution in [3.8, 4) is 5.75 Å². The number of rotatable bonds is 6. The molecule has 0 spiro atoms. The minimum atomic E-state index is -0.0606. The summed E-state index contributed by atoms with van der Waals surface area (Å²) in [5.41, 5.74) is -0.0606. The molecule has 3 rings (SSSR count). The van der Waals surface area contributed by atoms with Crippen molar-refractivity contribution in [1.82, 2.24) is 4.90 Å². The second kappa shape index (κ2) is 7.99. The highest BCUT2D eigenvalue weighted by Crippen LogP contribution is 2.40. The number of piperidine rings is 1. The van der Waals surface area contributed by atoms with Crippen molar-refractivity contribution in [3.05, 3.63) is 30.3 Å². The van der Waals surface area contributed by atoms with Crippen molar-refractivity contribution in [3.63, 3.8) is 0 Å². The summed E-state index contributed by atoms with van der Waals surface area (Å²) < 4.78 is 17.3. The molecule has 0 N–H and O–H groups in total. The van der Waals surface area contributed by atoms with E-state index in [4.69, 9.17) is 14.2 Å². The molecular weight excluding hydrogens is 306 g/mol. The van der Waals surface area contributed by atoms with Crippen molar-refractivity contribution in [2.75, 3.05) is 39.5 Å². The van der Waals surface area contributed by atoms with E-state index < -0.39 is 0 Å². The molecule has 24 heavy (non-hydrogen) atoms. The van der Waals surface area contributed by atoms with Gasteiger partial charge in [0, 0.05) is 31.7 Å². The summed E-state index contributed by atoms with van der Waals surface area (Å²) in [5, 5.41) is 0. The first-order chi connectivity index (χ1) is 11.7. The number of benzene rings is 1. The van der Waals surface area contributed by atoms with Gasteiger partial charge in [-0.3, -0.25) is 4.79 Å². The van der Waals surface area contributed by atoms with E-state index >= 15 is 0 Å². The number of carbonyl (C=O) groups excluding carboxylic acids is 1. The largest absolute Gasteiger partial charge is 0.484 e. The van der Waals surface area contributed by atoms with Crippen LogP contribution in [0.25, 0.3) is 0 Å². The minimum Gasteiger partial charge on any atom is -0.484 e. The number of carbonyl (C=O) groups is 1. The normalized spacial score (nSPS) is 26.7. The third kappa shape index (κ3) is 3.90. The minimum absolute atomic E-state index is 0.0405. The molecule has 132 valence electrons. The van der Waals surface area contributed by atoms with Crippen LogP contribution in [0.4, 0.5) is 0 Å². The van der Waals surface area contributed by atoms with Gasteiger partial charge in [0.05, 0.1) is 12.7 Å². The van der Waals surface area contributed by atoms with Gasteiger partial charge in [0.25, 0.3) is 5.91 Å². The summed E-state index contributed by atoms with van der Waals surface area (Å²) in [4.78, 5) is 14.5. The van der Waals surface area contributed by atoms with Crippen LogP contribution in [0.1, 0.15) is 26.2 Å². The molecule has 0 saturated carbocycles. The molecule has 0 bridgehead atoms. The van der Waals surface area contributed by atoms with Gasteiger partial charge in [-0.1, -0.05) is 18.2 Å². The molecule has 0 aliphatic carbocycles. The number of hydrogen-bond acceptors (Lipinski definition) is 4. The quantitative estimate of drug-likeness (QED) is 0.802. The Balaban J connectivity index is 1.60. The number of hydrogen-bond donors (Lipinski definition) is 0. The number of nitrogens with zero attached hydrogens (tertiary/aromatic N) is 1. The SMILES string of the molecule is CCOC[C@@]12CCCO[C@@H]1CCN(C(=O)COc1ccccc1)C2. The molecule has 2 heterocycles. The van der Waals surface area contributed by atoms with Gasteiger partial charge in [-0.25, -0.2) is 0 Å². The van der Waals surface area contributed by atoms with E-state index in [1.807, 2.05) is 42.2 Å². The highest BCUT2D eigenvalue weighted by molar-refractivity contribution is 5.78. The lowest BCUT2D eigenvalue weighted by atomic mass is 9.73. The Morgan fingerprint density at radius 1 is 1.38 bits per heavy atom. The van der Waals surface area contributed by atoms with E-state index in [1.54, 1.807) is 0 Å². The molecule has 0 aromatic heterocycles. The first-order valence-electron chi connectivity index (χ1n) is 8.88. The summed E-state index contributed by atoms with van der Waals surface area (Å²) in [6.07, 6.45) is 3.17. The fraction of sp³-hybridized carbons (Fsp3) is 0.632. The van der Waals surface area contributed by atoms with Crippen LogP contribution < -0.4 is 4.74 Å². The van der Waals surface area contributed by atoms with Gasteiger partial charge in [0.1, 0.15) is 5.75 Å². The molecule has 5 heteroatoms. The number of para-hydroxylation sites is 1. The van der Waals surface area contributed by atoms with Gasteiger partial charge in [-0.2, -0.15) is 0 Å². The molecule has 2 atom stereocenters. The van der Waals surface area contributed by atoms with Crippen molar-refractivity contribution >= 4 is 5.91 Å². The third-order valence-corrected chi connectivity index (χ3v) is 5.04. The molecule has 0 unspecified atom stereocenters. The second-order valence-corrected chi connectivity index (χ2v) is 6.67. The van der Waals surface area contributed by atoms with Gasteiger partial charge in [-0.15, -0.1) is 0 Å². The fourth-order valence-electron chi connectivity index (χ4n) is 3.77. The molecule has 2 aliphatic heterocycles. The van der Waals surface area contributed by atoms with Crippen LogP contribution in [0.3, 0.4) is 0 Å². The lowest BCUT2D eigenvalue weighted by Gasteiger charge is -2.50. The van der Waals surface area contributed by atoms with E-state index in [0.29, 0.717) is 19.8 Å². The van der Waals surface area contributed by atoms with Gasteiger partial charge in [-0.05, 0) is 38.3 Å². The lowest BCUT2D eigenvalue weighted by Crippen LogP contribution is -2.58. The Hall–Kier alpha value is -1.59. The molecule has 0 radical (unpaired) electrons. The van der Waals surface area contributed by atoms with Crippen LogP contribution in [-0.2, 0) is 14.3 Å². The van der Waals surface area contributed by atoms with E-state index in [0.717, 1.165) is 38.2 Å². The fourth-order valence-corrected chi connectivity index (χ4v) is 3.77. The second-order valence-electron chi connectivity index (χ2n) is 6.67. The maximum atomic E-state index is 12.6. The topological polar surface area (TPSA) is 48.0 Å². The lowest BCUT2D eigenvalue weighted by molar-refractivity contribution is -0.165. The zero-order valence-corrected chi connectivity index (χ0v) is 14.4. The van der Waals surface area contributed by atoms with E-state index in [1.165, 1.54) is 0 Å². The maximum absolute atomic E-state index is 12.6. The van der Waals surface area contributed by atoms with Crippen molar-refractivity contribution in [1.29, 1.82) is 0 Å². The predicted molar refractivity (Wildman–Crippen MR) is 91.0 cm³/mol. The Morgan fingerprint density at radius 2 is 2.21 bits per heavy atom. The van der Waals surface area contributed by atoms with Crippen LogP contribution in [0.15, 0.2) is 30.3 Å². The molecule has 2 aliphatic rings. The van der Waals surface area contributed by atoms with Crippen LogP contribution in [-0.4, -0.2) is 56.4 Å². The summed E-state index contributed by atoms with van der Waals surface area (Å²) in [5.74, 6) is 0.768. The Morgan fingerprint density at radius 3 is 3.00 bits per heavy atom. The van der Waals surface area contributed by atoms with Crippen LogP contribution in [0.2, 0.25) is 0 Å². The summed E-state index contributed by atoms with van der Waals surface area (Å²) in [6, 6.07) is 9.47. The number of ether oxygens (including phenoxy) is 3. The molecule has 1 aromatic carbocycles. The monoisotopic (exact) mass is 333 g/mol. The first kappa shape index (κ1) is 17.2. The van der Waals surface area contributed by atoms with Gasteiger partial charge >= 0.3 is 0 Å². The first-order valence-corrected chi connectivity index (χ1v) is 8.88. The third-order valence-electron chi connectivity index (χ3n) is 5.04. The molecule has 5 nitrogen and oxygen atoms in total. The predicted octanol–water partition coefficient (Wildman–Crippen LogP) is 2.50. The highest BCUT2D eigenvalue weighted by atomic mass is 16.5. The van der Waals surface area contributed by atoms with E-state index in [-0.39, 0.29) is 24.0 Å². The molecule has 1 amide bonds. The van der Waals surface area contributed by atoms with Crippen molar-refractivity contribution in [2.45, 2.75) is 32.3 Å². The summed E-state index contributed by atoms with van der Waals surface area (Å²) in [7, 11) is 0. The van der Waals surface area contributed by atoms with Crippen LogP contribution in [0.5, 0.6) is 5.75 Å². The van der Waals surface area contributed by atoms with Crippen molar-refractivity contribution in [2.24, 2.45) is 5.41 Å². The molecular formula is C19H27NO4. The number of likely N-dealkylation sites (tertiary alicyclic amines) is 1.